The van der Waals surface area contributed by atoms with Crippen LogP contribution in [0, 0.1) is 0 Å². The van der Waals surface area contributed by atoms with Crippen LogP contribution < -0.4 is 18.9 Å². The molecule has 144 valence electrons. The number of allylic oxidation sites excluding steroid dienone is 2. The van der Waals surface area contributed by atoms with E-state index in [1.54, 1.807) is 28.4 Å². The van der Waals surface area contributed by atoms with Crippen LogP contribution in [0.1, 0.15) is 30.5 Å². The molecule has 4 heteroatoms. The SMILES string of the molecule is COc1cc(/C=C/c2ccc(OC)c(OC)c2)c(CC=C(C)C)c(OC)c1. The van der Waals surface area contributed by atoms with Gasteiger partial charge in [0.15, 0.2) is 11.5 Å². The summed E-state index contributed by atoms with van der Waals surface area (Å²) in [6, 6.07) is 9.78. The molecular weight excluding hydrogens is 340 g/mol. The van der Waals surface area contributed by atoms with Crippen molar-refractivity contribution in [3.05, 3.63) is 58.7 Å². The largest absolute Gasteiger partial charge is 0.497 e. The summed E-state index contributed by atoms with van der Waals surface area (Å²) in [7, 11) is 6.61. The van der Waals surface area contributed by atoms with E-state index in [1.807, 2.05) is 36.4 Å². The van der Waals surface area contributed by atoms with E-state index in [4.69, 9.17) is 18.9 Å². The first-order valence-corrected chi connectivity index (χ1v) is 8.80. The van der Waals surface area contributed by atoms with Crippen LogP contribution in [0.5, 0.6) is 23.0 Å². The number of ether oxygens (including phenoxy) is 4. The van der Waals surface area contributed by atoms with Gasteiger partial charge in [0.25, 0.3) is 0 Å². The third-order valence-electron chi connectivity index (χ3n) is 4.25. The number of hydrogen-bond acceptors (Lipinski definition) is 4. The fraction of sp³-hybridized carbons (Fsp3) is 0.304. The summed E-state index contributed by atoms with van der Waals surface area (Å²) in [5.41, 5.74) is 4.46. The standard InChI is InChI=1S/C23H28O4/c1-16(2)7-11-20-18(14-19(24-3)15-22(20)26-5)10-8-17-9-12-21(25-4)23(13-17)27-6/h7-10,12-15H,11H2,1-6H3/b10-8+. The van der Waals surface area contributed by atoms with Crippen LogP contribution in [0.3, 0.4) is 0 Å². The maximum Gasteiger partial charge on any atom is 0.161 e. The van der Waals surface area contributed by atoms with Gasteiger partial charge in [0.05, 0.1) is 28.4 Å². The van der Waals surface area contributed by atoms with Gasteiger partial charge in [-0.15, -0.1) is 0 Å². The Kier molecular flexibility index (Phi) is 7.35. The van der Waals surface area contributed by atoms with Crippen molar-refractivity contribution >= 4 is 12.2 Å². The van der Waals surface area contributed by atoms with Crippen molar-refractivity contribution in [1.82, 2.24) is 0 Å². The molecule has 0 aliphatic rings. The van der Waals surface area contributed by atoms with Gasteiger partial charge in [-0.2, -0.15) is 0 Å². The lowest BCUT2D eigenvalue weighted by Crippen LogP contribution is -1.97. The number of hydrogen-bond donors (Lipinski definition) is 0. The molecule has 0 fully saturated rings. The van der Waals surface area contributed by atoms with Gasteiger partial charge in [-0.05, 0) is 49.6 Å². The third kappa shape index (κ3) is 5.30. The van der Waals surface area contributed by atoms with E-state index < -0.39 is 0 Å². The summed E-state index contributed by atoms with van der Waals surface area (Å²) in [5.74, 6) is 2.99. The van der Waals surface area contributed by atoms with Crippen LogP contribution in [0.15, 0.2) is 42.0 Å². The summed E-state index contributed by atoms with van der Waals surface area (Å²) in [5, 5.41) is 0. The fourth-order valence-corrected chi connectivity index (χ4v) is 2.76. The highest BCUT2D eigenvalue weighted by atomic mass is 16.5. The topological polar surface area (TPSA) is 36.9 Å². The Labute approximate surface area is 162 Å². The highest BCUT2D eigenvalue weighted by Crippen LogP contribution is 2.32. The summed E-state index contributed by atoms with van der Waals surface area (Å²) in [6.07, 6.45) is 7.10. The predicted octanol–water partition coefficient (Wildman–Crippen LogP) is 5.40. The van der Waals surface area contributed by atoms with E-state index in [9.17, 15) is 0 Å². The zero-order valence-electron chi connectivity index (χ0n) is 17.0. The van der Waals surface area contributed by atoms with E-state index in [0.29, 0.717) is 11.5 Å². The van der Waals surface area contributed by atoms with Gasteiger partial charge in [-0.1, -0.05) is 29.9 Å². The Morgan fingerprint density at radius 1 is 0.778 bits per heavy atom. The molecule has 4 nitrogen and oxygen atoms in total. The van der Waals surface area contributed by atoms with Crippen molar-refractivity contribution in [2.75, 3.05) is 28.4 Å². The monoisotopic (exact) mass is 368 g/mol. The lowest BCUT2D eigenvalue weighted by molar-refractivity contribution is 0.355. The molecule has 0 heterocycles. The van der Waals surface area contributed by atoms with Crippen LogP contribution in [0.25, 0.3) is 12.2 Å². The average molecular weight is 368 g/mol. The fourth-order valence-electron chi connectivity index (χ4n) is 2.76. The Hall–Kier alpha value is -2.88. The van der Waals surface area contributed by atoms with Gasteiger partial charge in [-0.3, -0.25) is 0 Å². The molecule has 0 unspecified atom stereocenters. The first-order valence-electron chi connectivity index (χ1n) is 8.80. The van der Waals surface area contributed by atoms with Gasteiger partial charge in [-0.25, -0.2) is 0 Å². The van der Waals surface area contributed by atoms with Crippen LogP contribution in [0.4, 0.5) is 0 Å². The molecular formula is C23H28O4. The maximum absolute atomic E-state index is 5.60. The minimum Gasteiger partial charge on any atom is -0.497 e. The highest BCUT2D eigenvalue weighted by molar-refractivity contribution is 5.74. The molecule has 0 aromatic heterocycles. The molecule has 0 aliphatic carbocycles. The molecule has 0 saturated heterocycles. The molecule has 0 saturated carbocycles. The molecule has 0 bridgehead atoms. The summed E-state index contributed by atoms with van der Waals surface area (Å²) in [4.78, 5) is 0. The molecule has 2 aromatic rings. The van der Waals surface area contributed by atoms with Gasteiger partial charge in [0.1, 0.15) is 11.5 Å². The molecule has 0 amide bonds. The van der Waals surface area contributed by atoms with Crippen LogP contribution in [0.2, 0.25) is 0 Å². The second-order valence-corrected chi connectivity index (χ2v) is 6.33. The van der Waals surface area contributed by atoms with Gasteiger partial charge in [0, 0.05) is 11.6 Å². The van der Waals surface area contributed by atoms with E-state index in [-0.39, 0.29) is 0 Å². The van der Waals surface area contributed by atoms with Crippen molar-refractivity contribution in [3.8, 4) is 23.0 Å². The lowest BCUT2D eigenvalue weighted by Gasteiger charge is -2.13. The number of rotatable bonds is 8. The smallest absolute Gasteiger partial charge is 0.161 e. The van der Waals surface area contributed by atoms with Gasteiger partial charge < -0.3 is 18.9 Å². The average Bonchev–Trinajstić information content (AvgIpc) is 2.69. The second-order valence-electron chi connectivity index (χ2n) is 6.33. The van der Waals surface area contributed by atoms with Crippen molar-refractivity contribution in [2.45, 2.75) is 20.3 Å². The molecule has 2 rings (SSSR count). The maximum atomic E-state index is 5.60. The molecule has 0 aliphatic heterocycles. The lowest BCUT2D eigenvalue weighted by atomic mass is 10.00. The third-order valence-corrected chi connectivity index (χ3v) is 4.25. The van der Waals surface area contributed by atoms with Crippen molar-refractivity contribution in [3.63, 3.8) is 0 Å². The Bertz CT molecular complexity index is 831. The van der Waals surface area contributed by atoms with Crippen molar-refractivity contribution in [1.29, 1.82) is 0 Å². The highest BCUT2D eigenvalue weighted by Gasteiger charge is 2.10. The summed E-state index contributed by atoms with van der Waals surface area (Å²) >= 11 is 0. The summed E-state index contributed by atoms with van der Waals surface area (Å²) < 4.78 is 21.7. The molecule has 0 spiro atoms. The van der Waals surface area contributed by atoms with Crippen LogP contribution in [-0.2, 0) is 6.42 Å². The summed E-state index contributed by atoms with van der Waals surface area (Å²) in [6.45, 7) is 4.18. The minimum absolute atomic E-state index is 0.702. The number of methoxy groups -OCH3 is 4. The Morgan fingerprint density at radius 2 is 1.48 bits per heavy atom. The molecule has 2 aromatic carbocycles. The first kappa shape index (κ1) is 20.4. The Morgan fingerprint density at radius 3 is 2.07 bits per heavy atom. The zero-order chi connectivity index (χ0) is 19.8. The second kappa shape index (κ2) is 9.72. The number of benzene rings is 2. The molecule has 27 heavy (non-hydrogen) atoms. The van der Waals surface area contributed by atoms with E-state index in [2.05, 4.69) is 26.0 Å². The quantitative estimate of drug-likeness (QED) is 0.462. The predicted molar refractivity (Wildman–Crippen MR) is 111 cm³/mol. The van der Waals surface area contributed by atoms with E-state index >= 15 is 0 Å². The van der Waals surface area contributed by atoms with Gasteiger partial charge in [0.2, 0.25) is 0 Å². The molecule has 0 atom stereocenters. The van der Waals surface area contributed by atoms with E-state index in [0.717, 1.165) is 34.6 Å². The van der Waals surface area contributed by atoms with Crippen LogP contribution in [-0.4, -0.2) is 28.4 Å². The first-order chi connectivity index (χ1) is 13.0. The molecule has 0 N–H and O–H groups in total. The normalized spacial score (nSPS) is 10.6. The van der Waals surface area contributed by atoms with Crippen molar-refractivity contribution in [2.24, 2.45) is 0 Å². The molecule has 0 radical (unpaired) electrons. The minimum atomic E-state index is 0.702. The Balaban J connectivity index is 2.46. The van der Waals surface area contributed by atoms with E-state index in [1.165, 1.54) is 5.57 Å². The zero-order valence-corrected chi connectivity index (χ0v) is 17.0. The van der Waals surface area contributed by atoms with Crippen LogP contribution >= 0.6 is 0 Å². The van der Waals surface area contributed by atoms with Crippen molar-refractivity contribution < 1.29 is 18.9 Å². The van der Waals surface area contributed by atoms with Gasteiger partial charge >= 0.3 is 0 Å².